The maximum atomic E-state index is 13.4. The normalized spacial score (nSPS) is 12.3. The number of benzene rings is 1. The van der Waals surface area contributed by atoms with Crippen LogP contribution in [0.15, 0.2) is 18.2 Å². The van der Waals surface area contributed by atoms with Gasteiger partial charge < -0.3 is 0 Å². The van der Waals surface area contributed by atoms with Crippen LogP contribution < -0.4 is 0 Å². The van der Waals surface area contributed by atoms with E-state index < -0.39 is 23.0 Å². The topological polar surface area (TPSA) is 23.8 Å². The number of hydrogen-bond acceptors (Lipinski definition) is 1. The molecule has 0 atom stereocenters. The quantitative estimate of drug-likeness (QED) is 0.677. The van der Waals surface area contributed by atoms with Gasteiger partial charge in [0.25, 0.3) is 0 Å². The molecule has 1 rings (SSSR count). The van der Waals surface area contributed by atoms with Crippen LogP contribution in [0.25, 0.3) is 0 Å². The first-order chi connectivity index (χ1) is 7.18. The molecule has 0 saturated heterocycles. The zero-order valence-electron chi connectivity index (χ0n) is 8.69. The molecule has 0 amide bonds. The first-order valence-electron chi connectivity index (χ1n) is 4.47. The molecule has 0 fully saturated rings. The van der Waals surface area contributed by atoms with Gasteiger partial charge in [0.2, 0.25) is 0 Å². The first kappa shape index (κ1) is 12.5. The Hall–Kier alpha value is -1.57. The molecule has 86 valence electrons. The number of rotatable bonds is 1. The number of halogens is 4. The molecule has 0 saturated carbocycles. The predicted molar refractivity (Wildman–Crippen MR) is 50.0 cm³/mol. The first-order valence-corrected chi connectivity index (χ1v) is 4.47. The van der Waals surface area contributed by atoms with Crippen molar-refractivity contribution in [1.82, 2.24) is 0 Å². The Balaban J connectivity index is 3.27. The van der Waals surface area contributed by atoms with E-state index in [0.29, 0.717) is 6.07 Å². The fourth-order valence-electron chi connectivity index (χ4n) is 1.26. The Morgan fingerprint density at radius 2 is 1.75 bits per heavy atom. The molecule has 0 aliphatic carbocycles. The highest BCUT2D eigenvalue weighted by molar-refractivity contribution is 5.35. The molecular weight excluding hydrogens is 222 g/mol. The summed E-state index contributed by atoms with van der Waals surface area (Å²) in [7, 11) is 0. The van der Waals surface area contributed by atoms with Crippen molar-refractivity contribution in [3.8, 4) is 6.07 Å². The third kappa shape index (κ3) is 2.32. The van der Waals surface area contributed by atoms with Crippen molar-refractivity contribution in [2.75, 3.05) is 0 Å². The summed E-state index contributed by atoms with van der Waals surface area (Å²) in [4.78, 5) is 0. The lowest BCUT2D eigenvalue weighted by molar-refractivity contribution is -0.137. The minimum atomic E-state index is -4.57. The van der Waals surface area contributed by atoms with Crippen LogP contribution in [0.2, 0.25) is 0 Å². The van der Waals surface area contributed by atoms with Crippen LogP contribution in [-0.4, -0.2) is 0 Å². The van der Waals surface area contributed by atoms with Gasteiger partial charge in [0.05, 0.1) is 17.0 Å². The van der Waals surface area contributed by atoms with Crippen molar-refractivity contribution in [3.05, 3.63) is 35.1 Å². The highest BCUT2D eigenvalue weighted by Gasteiger charge is 2.33. The molecule has 0 bridgehead atoms. The lowest BCUT2D eigenvalue weighted by atomic mass is 9.85. The molecule has 1 aromatic rings. The van der Waals surface area contributed by atoms with E-state index in [1.54, 1.807) is 0 Å². The zero-order chi connectivity index (χ0) is 12.6. The highest BCUT2D eigenvalue weighted by atomic mass is 19.4. The summed E-state index contributed by atoms with van der Waals surface area (Å²) in [5.74, 6) is -1.01. The van der Waals surface area contributed by atoms with Crippen LogP contribution in [0.3, 0.4) is 0 Å². The molecular formula is C11H9F4N. The van der Waals surface area contributed by atoms with Crippen LogP contribution >= 0.6 is 0 Å². The second kappa shape index (κ2) is 3.78. The van der Waals surface area contributed by atoms with Gasteiger partial charge in [0.15, 0.2) is 0 Å². The molecule has 0 heterocycles. The summed E-state index contributed by atoms with van der Waals surface area (Å²) in [6.07, 6.45) is -4.57. The van der Waals surface area contributed by atoms with Crippen molar-refractivity contribution in [2.24, 2.45) is 0 Å². The van der Waals surface area contributed by atoms with Gasteiger partial charge in [-0.05, 0) is 26.0 Å². The Bertz CT molecular complexity index is 440. The molecule has 0 N–H and O–H groups in total. The van der Waals surface area contributed by atoms with Gasteiger partial charge in [-0.3, -0.25) is 0 Å². The van der Waals surface area contributed by atoms with Crippen LogP contribution in [0, 0.1) is 17.1 Å². The van der Waals surface area contributed by atoms with E-state index in [4.69, 9.17) is 5.26 Å². The van der Waals surface area contributed by atoms with E-state index in [9.17, 15) is 17.6 Å². The lowest BCUT2D eigenvalue weighted by Crippen LogP contribution is -2.17. The van der Waals surface area contributed by atoms with Gasteiger partial charge in [0.1, 0.15) is 5.82 Å². The zero-order valence-corrected chi connectivity index (χ0v) is 8.69. The number of nitrogens with zero attached hydrogens (tertiary/aromatic N) is 1. The minimum absolute atomic E-state index is 0.0389. The highest BCUT2D eigenvalue weighted by Crippen LogP contribution is 2.33. The van der Waals surface area contributed by atoms with Crippen molar-refractivity contribution < 1.29 is 17.6 Å². The van der Waals surface area contributed by atoms with E-state index >= 15 is 0 Å². The molecule has 0 radical (unpaired) electrons. The maximum absolute atomic E-state index is 13.4. The Morgan fingerprint density at radius 1 is 1.19 bits per heavy atom. The number of alkyl halides is 3. The van der Waals surface area contributed by atoms with E-state index in [2.05, 4.69) is 0 Å². The SMILES string of the molecule is CC(C)(C#N)c1ccc(C(F)(F)F)cc1F. The van der Waals surface area contributed by atoms with E-state index in [-0.39, 0.29) is 5.56 Å². The lowest BCUT2D eigenvalue weighted by Gasteiger charge is -2.17. The number of hydrogen-bond donors (Lipinski definition) is 0. The van der Waals surface area contributed by atoms with Crippen molar-refractivity contribution in [1.29, 1.82) is 5.26 Å². The molecule has 0 aromatic heterocycles. The fraction of sp³-hybridized carbons (Fsp3) is 0.364. The molecule has 16 heavy (non-hydrogen) atoms. The van der Waals surface area contributed by atoms with Gasteiger partial charge in [-0.1, -0.05) is 6.07 Å². The Morgan fingerprint density at radius 3 is 2.12 bits per heavy atom. The summed E-state index contributed by atoms with van der Waals surface area (Å²) in [5, 5.41) is 8.76. The average Bonchev–Trinajstić information content (AvgIpc) is 2.16. The second-order valence-corrected chi connectivity index (χ2v) is 3.93. The summed E-state index contributed by atoms with van der Waals surface area (Å²) in [5.41, 5.74) is -2.24. The molecule has 1 aromatic carbocycles. The van der Waals surface area contributed by atoms with Gasteiger partial charge in [-0.2, -0.15) is 18.4 Å². The van der Waals surface area contributed by atoms with Gasteiger partial charge in [0, 0.05) is 5.56 Å². The Kier molecular flexibility index (Phi) is 2.95. The average molecular weight is 231 g/mol. The monoisotopic (exact) mass is 231 g/mol. The summed E-state index contributed by atoms with van der Waals surface area (Å²) in [6.45, 7) is 2.89. The van der Waals surface area contributed by atoms with Gasteiger partial charge in [-0.25, -0.2) is 4.39 Å². The third-order valence-corrected chi connectivity index (χ3v) is 2.25. The van der Waals surface area contributed by atoms with Crippen LogP contribution in [0.5, 0.6) is 0 Å². The van der Waals surface area contributed by atoms with E-state index in [1.807, 2.05) is 6.07 Å². The Labute approximate surface area is 90.3 Å². The van der Waals surface area contributed by atoms with Gasteiger partial charge >= 0.3 is 6.18 Å². The van der Waals surface area contributed by atoms with E-state index in [1.165, 1.54) is 13.8 Å². The van der Waals surface area contributed by atoms with E-state index in [0.717, 1.165) is 12.1 Å². The predicted octanol–water partition coefficient (Wildman–Crippen LogP) is 3.65. The fourth-order valence-corrected chi connectivity index (χ4v) is 1.26. The summed E-state index contributed by atoms with van der Waals surface area (Å²) >= 11 is 0. The third-order valence-electron chi connectivity index (χ3n) is 2.25. The molecule has 0 aliphatic heterocycles. The molecule has 5 heteroatoms. The van der Waals surface area contributed by atoms with Crippen molar-refractivity contribution in [2.45, 2.75) is 25.4 Å². The second-order valence-electron chi connectivity index (χ2n) is 3.93. The van der Waals surface area contributed by atoms with Crippen molar-refractivity contribution in [3.63, 3.8) is 0 Å². The van der Waals surface area contributed by atoms with Crippen LogP contribution in [0.4, 0.5) is 17.6 Å². The maximum Gasteiger partial charge on any atom is 0.416 e. The van der Waals surface area contributed by atoms with Crippen molar-refractivity contribution >= 4 is 0 Å². The van der Waals surface area contributed by atoms with Gasteiger partial charge in [-0.15, -0.1) is 0 Å². The summed E-state index contributed by atoms with van der Waals surface area (Å²) < 4.78 is 50.2. The minimum Gasteiger partial charge on any atom is -0.207 e. The number of nitriles is 1. The largest absolute Gasteiger partial charge is 0.416 e. The van der Waals surface area contributed by atoms with Crippen LogP contribution in [-0.2, 0) is 11.6 Å². The summed E-state index contributed by atoms with van der Waals surface area (Å²) in [6, 6.07) is 4.02. The molecule has 0 unspecified atom stereocenters. The standard InChI is InChI=1S/C11H9F4N/c1-10(2,6-16)8-4-3-7(5-9(8)12)11(13,14)15/h3-5H,1-2H3. The molecule has 0 spiro atoms. The van der Waals surface area contributed by atoms with Crippen LogP contribution in [0.1, 0.15) is 25.0 Å². The molecule has 1 nitrogen and oxygen atoms in total. The molecule has 0 aliphatic rings. The smallest absolute Gasteiger partial charge is 0.207 e.